The fraction of sp³-hybridized carbons (Fsp3) is 0.846. The number of ether oxygens (including phenoxy) is 1. The van der Waals surface area contributed by atoms with Crippen molar-refractivity contribution in [1.82, 2.24) is 4.90 Å². The fourth-order valence-electron chi connectivity index (χ4n) is 3.45. The number of hydrogen-bond donors (Lipinski definition) is 2. The Kier molecular flexibility index (Phi) is 3.14. The van der Waals surface area contributed by atoms with E-state index >= 15 is 0 Å². The first-order chi connectivity index (χ1) is 8.65. The van der Waals surface area contributed by atoms with E-state index in [1.165, 1.54) is 18.9 Å². The Labute approximate surface area is 112 Å². The molecule has 0 spiro atoms. The van der Waals surface area contributed by atoms with Crippen LogP contribution in [0.25, 0.3) is 0 Å². The molecule has 1 amide bonds. The normalized spacial score (nSPS) is 37.1. The third kappa shape index (κ3) is 1.63. The van der Waals surface area contributed by atoms with Gasteiger partial charge in [-0.15, -0.1) is 0 Å². The summed E-state index contributed by atoms with van der Waals surface area (Å²) in [4.78, 5) is 24.9. The quantitative estimate of drug-likeness (QED) is 0.756. The SMILES string of the molecule is CC(C(=O)O)N(C)C(=O)C1(N)C2CCOC2C1(C)C. The third-order valence-corrected chi connectivity index (χ3v) is 5.07. The zero-order chi connectivity index (χ0) is 14.6. The lowest BCUT2D eigenvalue weighted by Crippen LogP contribution is -2.80. The molecule has 3 N–H and O–H groups in total. The van der Waals surface area contributed by atoms with Crippen LogP contribution in [0, 0.1) is 11.3 Å². The smallest absolute Gasteiger partial charge is 0.326 e. The molecule has 2 aliphatic rings. The number of aliphatic carboxylic acids is 1. The first kappa shape index (κ1) is 14.3. The van der Waals surface area contributed by atoms with Crippen molar-refractivity contribution in [3.8, 4) is 0 Å². The van der Waals surface area contributed by atoms with Gasteiger partial charge in [0.1, 0.15) is 11.6 Å². The van der Waals surface area contributed by atoms with Gasteiger partial charge in [0.25, 0.3) is 0 Å². The lowest BCUT2D eigenvalue weighted by Gasteiger charge is -2.61. The molecule has 6 heteroatoms. The van der Waals surface area contributed by atoms with Crippen molar-refractivity contribution in [1.29, 1.82) is 0 Å². The maximum Gasteiger partial charge on any atom is 0.326 e. The number of nitrogens with two attached hydrogens (primary N) is 1. The van der Waals surface area contributed by atoms with Crippen LogP contribution in [0.5, 0.6) is 0 Å². The number of hydrogen-bond acceptors (Lipinski definition) is 4. The van der Waals surface area contributed by atoms with Crippen LogP contribution in [-0.4, -0.2) is 53.2 Å². The van der Waals surface area contributed by atoms with Crippen molar-refractivity contribution in [3.05, 3.63) is 0 Å². The van der Waals surface area contributed by atoms with Crippen molar-refractivity contribution in [2.24, 2.45) is 17.1 Å². The van der Waals surface area contributed by atoms with E-state index < -0.39 is 23.0 Å². The summed E-state index contributed by atoms with van der Waals surface area (Å²) in [5.74, 6) is -1.35. The highest BCUT2D eigenvalue weighted by Gasteiger charge is 2.72. The van der Waals surface area contributed by atoms with Crippen LogP contribution >= 0.6 is 0 Å². The molecule has 4 unspecified atom stereocenters. The molecule has 0 aromatic rings. The third-order valence-electron chi connectivity index (χ3n) is 5.07. The van der Waals surface area contributed by atoms with E-state index in [-0.39, 0.29) is 17.9 Å². The molecular formula is C13H22N2O4. The molecule has 1 aliphatic heterocycles. The molecule has 19 heavy (non-hydrogen) atoms. The number of fused-ring (bicyclic) bond motifs is 1. The molecule has 2 rings (SSSR count). The Bertz CT molecular complexity index is 423. The minimum absolute atomic E-state index is 0.00464. The fourth-order valence-corrected chi connectivity index (χ4v) is 3.45. The maximum absolute atomic E-state index is 12.6. The van der Waals surface area contributed by atoms with Crippen LogP contribution in [0.15, 0.2) is 0 Å². The van der Waals surface area contributed by atoms with Gasteiger partial charge in [-0.3, -0.25) is 4.79 Å². The molecule has 108 valence electrons. The lowest BCUT2D eigenvalue weighted by molar-refractivity contribution is -0.186. The van der Waals surface area contributed by atoms with Gasteiger partial charge in [-0.05, 0) is 13.3 Å². The number of carbonyl (C=O) groups excluding carboxylic acids is 1. The van der Waals surface area contributed by atoms with Crippen molar-refractivity contribution in [2.75, 3.05) is 13.7 Å². The van der Waals surface area contributed by atoms with E-state index in [9.17, 15) is 9.59 Å². The number of likely N-dealkylation sites (N-methyl/N-ethyl adjacent to an activating group) is 1. The molecule has 0 aromatic carbocycles. The van der Waals surface area contributed by atoms with Crippen LogP contribution in [0.4, 0.5) is 0 Å². The van der Waals surface area contributed by atoms with Crippen molar-refractivity contribution in [2.45, 2.75) is 44.9 Å². The molecule has 0 radical (unpaired) electrons. The highest BCUT2D eigenvalue weighted by molar-refractivity contribution is 5.92. The Balaban J connectivity index is 2.25. The number of carbonyl (C=O) groups is 2. The van der Waals surface area contributed by atoms with Gasteiger partial charge in [0.05, 0.1) is 6.10 Å². The number of carboxylic acids is 1. The van der Waals surface area contributed by atoms with Crippen molar-refractivity contribution in [3.63, 3.8) is 0 Å². The van der Waals surface area contributed by atoms with Gasteiger partial charge in [-0.1, -0.05) is 13.8 Å². The Hall–Kier alpha value is -1.14. The Morgan fingerprint density at radius 1 is 1.47 bits per heavy atom. The van der Waals surface area contributed by atoms with E-state index in [2.05, 4.69) is 0 Å². The Morgan fingerprint density at radius 2 is 2.05 bits per heavy atom. The summed E-state index contributed by atoms with van der Waals surface area (Å²) < 4.78 is 5.63. The second-order valence-electron chi connectivity index (χ2n) is 6.21. The average Bonchev–Trinajstić information content (AvgIpc) is 2.82. The molecule has 1 saturated carbocycles. The zero-order valence-corrected chi connectivity index (χ0v) is 11.8. The summed E-state index contributed by atoms with van der Waals surface area (Å²) in [6, 6.07) is -0.884. The summed E-state index contributed by atoms with van der Waals surface area (Å²) in [6.45, 7) is 5.93. The van der Waals surface area contributed by atoms with Gasteiger partial charge in [0, 0.05) is 25.0 Å². The van der Waals surface area contributed by atoms with E-state index in [1.807, 2.05) is 13.8 Å². The summed E-state index contributed by atoms with van der Waals surface area (Å²) in [5, 5.41) is 9.02. The predicted octanol–water partition coefficient (Wildman–Crippen LogP) is 0.0603. The first-order valence-corrected chi connectivity index (χ1v) is 6.56. The van der Waals surface area contributed by atoms with Crippen LogP contribution in [0.2, 0.25) is 0 Å². The number of carboxylic acid groups (broad SMARTS) is 1. The van der Waals surface area contributed by atoms with Gasteiger partial charge < -0.3 is 20.5 Å². The highest BCUT2D eigenvalue weighted by atomic mass is 16.5. The lowest BCUT2D eigenvalue weighted by atomic mass is 9.47. The van der Waals surface area contributed by atoms with Gasteiger partial charge in [-0.2, -0.15) is 0 Å². The average molecular weight is 270 g/mol. The van der Waals surface area contributed by atoms with Crippen LogP contribution in [0.3, 0.4) is 0 Å². The monoisotopic (exact) mass is 270 g/mol. The topological polar surface area (TPSA) is 92.9 Å². The second-order valence-corrected chi connectivity index (χ2v) is 6.21. The predicted molar refractivity (Wildman–Crippen MR) is 68.4 cm³/mol. The van der Waals surface area contributed by atoms with Gasteiger partial charge in [-0.25, -0.2) is 4.79 Å². The molecule has 1 heterocycles. The minimum atomic E-state index is -1.04. The maximum atomic E-state index is 12.6. The molecule has 4 atom stereocenters. The van der Waals surface area contributed by atoms with E-state index in [0.717, 1.165) is 6.42 Å². The van der Waals surface area contributed by atoms with Gasteiger partial charge in [0.2, 0.25) is 5.91 Å². The zero-order valence-electron chi connectivity index (χ0n) is 11.8. The van der Waals surface area contributed by atoms with Crippen molar-refractivity contribution < 1.29 is 19.4 Å². The summed E-state index contributed by atoms with van der Waals surface area (Å²) in [5.41, 5.74) is 4.87. The summed E-state index contributed by atoms with van der Waals surface area (Å²) in [6.07, 6.45) is 0.751. The van der Waals surface area contributed by atoms with E-state index in [0.29, 0.717) is 6.61 Å². The van der Waals surface area contributed by atoms with Gasteiger partial charge >= 0.3 is 5.97 Å². The van der Waals surface area contributed by atoms with Crippen molar-refractivity contribution >= 4 is 11.9 Å². The molecule has 1 saturated heterocycles. The standard InChI is InChI=1S/C13H22N2O4/c1-7(10(16)17)15(4)11(18)13(14)8-5-6-19-9(8)12(13,2)3/h7-9H,5-6,14H2,1-4H3,(H,16,17). The highest BCUT2D eigenvalue weighted by Crippen LogP contribution is 2.58. The Morgan fingerprint density at radius 3 is 2.58 bits per heavy atom. The molecule has 0 bridgehead atoms. The number of amides is 1. The molecule has 0 aromatic heterocycles. The molecule has 6 nitrogen and oxygen atoms in total. The van der Waals surface area contributed by atoms with Crippen LogP contribution < -0.4 is 5.73 Å². The molecule has 2 fully saturated rings. The molecular weight excluding hydrogens is 248 g/mol. The van der Waals surface area contributed by atoms with Gasteiger partial charge in [0.15, 0.2) is 0 Å². The van der Waals surface area contributed by atoms with E-state index in [1.54, 1.807) is 0 Å². The van der Waals surface area contributed by atoms with Crippen LogP contribution in [-0.2, 0) is 14.3 Å². The minimum Gasteiger partial charge on any atom is -0.480 e. The first-order valence-electron chi connectivity index (χ1n) is 6.56. The molecule has 1 aliphatic carbocycles. The summed E-state index contributed by atoms with van der Waals surface area (Å²) in [7, 11) is 1.49. The number of nitrogens with zero attached hydrogens (tertiary/aromatic N) is 1. The number of rotatable bonds is 3. The van der Waals surface area contributed by atoms with E-state index in [4.69, 9.17) is 15.6 Å². The van der Waals surface area contributed by atoms with Crippen LogP contribution in [0.1, 0.15) is 27.2 Å². The largest absolute Gasteiger partial charge is 0.480 e. The second kappa shape index (κ2) is 4.18. The summed E-state index contributed by atoms with van der Waals surface area (Å²) >= 11 is 0.